The second-order valence-corrected chi connectivity index (χ2v) is 7.51. The predicted octanol–water partition coefficient (Wildman–Crippen LogP) is 2.54. The molecule has 3 aromatic rings. The summed E-state index contributed by atoms with van der Waals surface area (Å²) >= 11 is 0. The number of anilines is 1. The number of carbonyl (C=O) groups excluding carboxylic acids is 1. The Balaban J connectivity index is 1.16. The fourth-order valence-corrected chi connectivity index (χ4v) is 3.57. The molecule has 0 bridgehead atoms. The maximum Gasteiger partial charge on any atom is 0.224 e. The Labute approximate surface area is 187 Å². The Morgan fingerprint density at radius 1 is 1.16 bits per heavy atom. The van der Waals surface area contributed by atoms with Crippen molar-refractivity contribution in [2.75, 3.05) is 32.1 Å². The number of carbonyl (C=O) groups is 1. The van der Waals surface area contributed by atoms with Gasteiger partial charge in [-0.05, 0) is 60.4 Å². The molecule has 32 heavy (non-hydrogen) atoms. The Kier molecular flexibility index (Phi) is 7.01. The molecule has 0 spiro atoms. The SMILES string of the molecule is CN=C(NCCOc1ccc2c(c1)CCC(=O)N2)NCCc1ccc(-n2cccn2)cc1. The molecule has 0 saturated heterocycles. The van der Waals surface area contributed by atoms with Gasteiger partial charge in [0.15, 0.2) is 5.96 Å². The van der Waals surface area contributed by atoms with Crippen LogP contribution in [0.3, 0.4) is 0 Å². The van der Waals surface area contributed by atoms with Crippen LogP contribution in [0.2, 0.25) is 0 Å². The maximum atomic E-state index is 11.5. The van der Waals surface area contributed by atoms with Gasteiger partial charge < -0.3 is 20.7 Å². The van der Waals surface area contributed by atoms with E-state index in [1.165, 1.54) is 5.56 Å². The molecule has 1 amide bonds. The first kappa shape index (κ1) is 21.4. The van der Waals surface area contributed by atoms with E-state index in [1.807, 2.05) is 35.1 Å². The molecule has 0 unspecified atom stereocenters. The zero-order valence-electron chi connectivity index (χ0n) is 18.2. The van der Waals surface area contributed by atoms with Gasteiger partial charge in [0.1, 0.15) is 12.4 Å². The molecule has 8 nitrogen and oxygen atoms in total. The van der Waals surface area contributed by atoms with Crippen molar-refractivity contribution in [3.63, 3.8) is 0 Å². The highest BCUT2D eigenvalue weighted by molar-refractivity contribution is 5.94. The van der Waals surface area contributed by atoms with E-state index in [1.54, 1.807) is 13.2 Å². The lowest BCUT2D eigenvalue weighted by molar-refractivity contribution is -0.116. The number of rotatable bonds is 8. The van der Waals surface area contributed by atoms with Crippen LogP contribution in [-0.2, 0) is 17.6 Å². The summed E-state index contributed by atoms with van der Waals surface area (Å²) in [6.45, 7) is 1.92. The van der Waals surface area contributed by atoms with Crippen LogP contribution in [0.1, 0.15) is 17.5 Å². The summed E-state index contributed by atoms with van der Waals surface area (Å²) in [6, 6.07) is 16.1. The first-order valence-corrected chi connectivity index (χ1v) is 10.8. The highest BCUT2D eigenvalue weighted by atomic mass is 16.5. The topological polar surface area (TPSA) is 92.6 Å². The van der Waals surface area contributed by atoms with Crippen molar-refractivity contribution >= 4 is 17.6 Å². The van der Waals surface area contributed by atoms with Crippen molar-refractivity contribution in [1.82, 2.24) is 20.4 Å². The zero-order chi connectivity index (χ0) is 22.2. The van der Waals surface area contributed by atoms with Crippen molar-refractivity contribution in [1.29, 1.82) is 0 Å². The largest absolute Gasteiger partial charge is 0.492 e. The third-order valence-electron chi connectivity index (χ3n) is 5.27. The van der Waals surface area contributed by atoms with Crippen LogP contribution >= 0.6 is 0 Å². The Morgan fingerprint density at radius 3 is 2.78 bits per heavy atom. The third-order valence-corrected chi connectivity index (χ3v) is 5.27. The molecular formula is C24H28N6O2. The molecule has 3 N–H and O–H groups in total. The number of guanidine groups is 1. The minimum Gasteiger partial charge on any atom is -0.492 e. The fraction of sp³-hybridized carbons (Fsp3) is 0.292. The van der Waals surface area contributed by atoms with Crippen molar-refractivity contribution in [3.8, 4) is 11.4 Å². The molecule has 0 fully saturated rings. The van der Waals surface area contributed by atoms with Gasteiger partial charge in [-0.25, -0.2) is 4.68 Å². The van der Waals surface area contributed by atoms with E-state index >= 15 is 0 Å². The third kappa shape index (κ3) is 5.66. The normalized spacial score (nSPS) is 13.3. The van der Waals surface area contributed by atoms with Crippen LogP contribution in [0.15, 0.2) is 65.9 Å². The van der Waals surface area contributed by atoms with Crippen molar-refractivity contribution in [2.45, 2.75) is 19.3 Å². The molecule has 4 rings (SSSR count). The minimum absolute atomic E-state index is 0.0699. The van der Waals surface area contributed by atoms with Crippen LogP contribution < -0.4 is 20.7 Å². The number of nitrogens with one attached hydrogen (secondary N) is 3. The standard InChI is InChI=1S/C24H28N6O2/c1-25-24(26-13-11-18-3-6-20(7-4-18)30-15-2-12-28-30)27-14-16-32-21-8-9-22-19(17-21)5-10-23(31)29-22/h2-4,6-9,12,15,17H,5,10-11,13-14,16H2,1H3,(H,29,31)(H2,25,26,27). The van der Waals surface area contributed by atoms with Gasteiger partial charge in [0.05, 0.1) is 12.2 Å². The number of aliphatic imine (C=N–C) groups is 1. The van der Waals surface area contributed by atoms with E-state index in [4.69, 9.17) is 4.74 Å². The summed E-state index contributed by atoms with van der Waals surface area (Å²) < 4.78 is 7.69. The molecule has 2 heterocycles. The molecule has 0 radical (unpaired) electrons. The number of aromatic nitrogens is 2. The van der Waals surface area contributed by atoms with Gasteiger partial charge in [-0.3, -0.25) is 9.79 Å². The predicted molar refractivity (Wildman–Crippen MR) is 126 cm³/mol. The molecule has 0 saturated carbocycles. The molecule has 0 aliphatic carbocycles. The van der Waals surface area contributed by atoms with E-state index in [-0.39, 0.29) is 5.91 Å². The monoisotopic (exact) mass is 432 g/mol. The molecule has 166 valence electrons. The number of nitrogens with zero attached hydrogens (tertiary/aromatic N) is 3. The summed E-state index contributed by atoms with van der Waals surface area (Å²) in [5, 5.41) is 13.7. The number of benzene rings is 2. The zero-order valence-corrected chi connectivity index (χ0v) is 18.2. The van der Waals surface area contributed by atoms with Crippen LogP contribution in [0.25, 0.3) is 5.69 Å². The van der Waals surface area contributed by atoms with Crippen LogP contribution in [0.4, 0.5) is 5.69 Å². The quantitative estimate of drug-likeness (QED) is 0.289. The second-order valence-electron chi connectivity index (χ2n) is 7.51. The lowest BCUT2D eigenvalue weighted by Gasteiger charge is -2.18. The molecule has 2 aromatic carbocycles. The van der Waals surface area contributed by atoms with E-state index in [2.05, 4.69) is 50.3 Å². The summed E-state index contributed by atoms with van der Waals surface area (Å²) in [6.07, 6.45) is 5.87. The Bertz CT molecular complexity index is 1060. The van der Waals surface area contributed by atoms with Gasteiger partial charge >= 0.3 is 0 Å². The first-order valence-electron chi connectivity index (χ1n) is 10.8. The van der Waals surface area contributed by atoms with Crippen LogP contribution in [0, 0.1) is 0 Å². The smallest absolute Gasteiger partial charge is 0.224 e. The van der Waals surface area contributed by atoms with Gasteiger partial charge in [-0.15, -0.1) is 0 Å². The minimum atomic E-state index is 0.0699. The summed E-state index contributed by atoms with van der Waals surface area (Å²) in [4.78, 5) is 15.7. The summed E-state index contributed by atoms with van der Waals surface area (Å²) in [5.41, 5.74) is 4.29. The molecule has 0 atom stereocenters. The highest BCUT2D eigenvalue weighted by Crippen LogP contribution is 2.26. The lowest BCUT2D eigenvalue weighted by atomic mass is 10.0. The van der Waals surface area contributed by atoms with Crippen molar-refractivity contribution in [2.24, 2.45) is 4.99 Å². The van der Waals surface area contributed by atoms with E-state index in [9.17, 15) is 4.79 Å². The van der Waals surface area contributed by atoms with Crippen LogP contribution in [0.5, 0.6) is 5.75 Å². The van der Waals surface area contributed by atoms with E-state index in [0.717, 1.165) is 48.0 Å². The van der Waals surface area contributed by atoms with Gasteiger partial charge in [-0.2, -0.15) is 5.10 Å². The van der Waals surface area contributed by atoms with E-state index < -0.39 is 0 Å². The average Bonchev–Trinajstić information content (AvgIpc) is 3.36. The summed E-state index contributed by atoms with van der Waals surface area (Å²) in [7, 11) is 1.76. The molecule has 1 aromatic heterocycles. The maximum absolute atomic E-state index is 11.5. The van der Waals surface area contributed by atoms with E-state index in [0.29, 0.717) is 19.6 Å². The second kappa shape index (κ2) is 10.5. The summed E-state index contributed by atoms with van der Waals surface area (Å²) in [5.74, 6) is 1.62. The first-order chi connectivity index (χ1) is 15.7. The van der Waals surface area contributed by atoms with Crippen LogP contribution in [-0.4, -0.2) is 48.4 Å². The molecule has 1 aliphatic rings. The number of amides is 1. The molecule has 8 heteroatoms. The number of aryl methyl sites for hydroxylation is 1. The molecular weight excluding hydrogens is 404 g/mol. The van der Waals surface area contributed by atoms with Gasteiger partial charge in [0.25, 0.3) is 0 Å². The van der Waals surface area contributed by atoms with Gasteiger partial charge in [-0.1, -0.05) is 12.1 Å². The van der Waals surface area contributed by atoms with Crippen molar-refractivity contribution < 1.29 is 9.53 Å². The number of fused-ring (bicyclic) bond motifs is 1. The van der Waals surface area contributed by atoms with Gasteiger partial charge in [0.2, 0.25) is 5.91 Å². The fourth-order valence-electron chi connectivity index (χ4n) is 3.57. The Morgan fingerprint density at radius 2 is 2.00 bits per heavy atom. The molecule has 1 aliphatic heterocycles. The Hall–Kier alpha value is -3.81. The lowest BCUT2D eigenvalue weighted by Crippen LogP contribution is -2.40. The number of ether oxygens (including phenoxy) is 1. The highest BCUT2D eigenvalue weighted by Gasteiger charge is 2.14. The number of hydrogen-bond acceptors (Lipinski definition) is 4. The average molecular weight is 433 g/mol. The van der Waals surface area contributed by atoms with Gasteiger partial charge in [0, 0.05) is 38.1 Å². The number of hydrogen-bond donors (Lipinski definition) is 3. The van der Waals surface area contributed by atoms with Crippen molar-refractivity contribution in [3.05, 3.63) is 72.1 Å².